The summed E-state index contributed by atoms with van der Waals surface area (Å²) in [5.41, 5.74) is 7.96. The molecule has 0 spiro atoms. The minimum Gasteiger partial charge on any atom is -0.329 e. The zero-order valence-electron chi connectivity index (χ0n) is 10.1. The molecular weight excluding hydrogens is 232 g/mol. The molecule has 1 aliphatic heterocycles. The van der Waals surface area contributed by atoms with Crippen molar-refractivity contribution in [1.82, 2.24) is 0 Å². The van der Waals surface area contributed by atoms with E-state index in [0.29, 0.717) is 17.5 Å². The van der Waals surface area contributed by atoms with E-state index in [0.717, 1.165) is 18.7 Å². The second kappa shape index (κ2) is 5.56. The van der Waals surface area contributed by atoms with Gasteiger partial charge in [-0.05, 0) is 24.1 Å². The lowest BCUT2D eigenvalue weighted by Gasteiger charge is -2.31. The van der Waals surface area contributed by atoms with Crippen LogP contribution in [0.25, 0.3) is 0 Å². The van der Waals surface area contributed by atoms with Crippen LogP contribution in [0, 0.1) is 0 Å². The first-order chi connectivity index (χ1) is 8.24. The third-order valence-corrected chi connectivity index (χ3v) is 4.28. The maximum Gasteiger partial charge on any atom is 0.237 e. The van der Waals surface area contributed by atoms with Crippen LogP contribution < -0.4 is 10.6 Å². The number of carbonyl (C=O) groups excluding carboxylic acids is 1. The number of carbonyl (C=O) groups is 1. The Morgan fingerprint density at radius 3 is 2.71 bits per heavy atom. The molecule has 0 radical (unpaired) electrons. The van der Waals surface area contributed by atoms with Gasteiger partial charge in [-0.1, -0.05) is 19.1 Å². The van der Waals surface area contributed by atoms with Crippen LogP contribution in [0.3, 0.4) is 0 Å². The quantitative estimate of drug-likeness (QED) is 0.887. The SMILES string of the molecule is CCc1ccc(N2CC(CN)SCC2=O)cc1. The molecule has 1 aromatic rings. The molecule has 0 aliphatic carbocycles. The summed E-state index contributed by atoms with van der Waals surface area (Å²) in [7, 11) is 0. The third-order valence-electron chi connectivity index (χ3n) is 3.05. The second-order valence-electron chi connectivity index (χ2n) is 4.19. The highest BCUT2D eigenvalue weighted by atomic mass is 32.2. The minimum atomic E-state index is 0.184. The number of nitrogens with two attached hydrogens (primary N) is 1. The van der Waals surface area contributed by atoms with Crippen LogP contribution >= 0.6 is 11.8 Å². The van der Waals surface area contributed by atoms with Crippen LogP contribution in [0.4, 0.5) is 5.69 Å². The molecule has 1 atom stereocenters. The molecule has 1 heterocycles. The molecule has 2 N–H and O–H groups in total. The van der Waals surface area contributed by atoms with Crippen molar-refractivity contribution in [2.75, 3.05) is 23.7 Å². The minimum absolute atomic E-state index is 0.184. The lowest BCUT2D eigenvalue weighted by Crippen LogP contribution is -2.45. The Kier molecular flexibility index (Phi) is 4.07. The first-order valence-corrected chi connectivity index (χ1v) is 7.00. The maximum absolute atomic E-state index is 11.9. The standard InChI is InChI=1S/C13H18N2OS/c1-2-10-3-5-11(6-4-10)15-8-12(7-14)17-9-13(15)16/h3-6,12H,2,7-9,14H2,1H3. The molecule has 17 heavy (non-hydrogen) atoms. The van der Waals surface area contributed by atoms with Gasteiger partial charge >= 0.3 is 0 Å². The van der Waals surface area contributed by atoms with Gasteiger partial charge in [0.1, 0.15) is 0 Å². The molecule has 3 nitrogen and oxygen atoms in total. The normalized spacial score (nSPS) is 20.7. The smallest absolute Gasteiger partial charge is 0.237 e. The van der Waals surface area contributed by atoms with Crippen molar-refractivity contribution in [3.05, 3.63) is 29.8 Å². The van der Waals surface area contributed by atoms with E-state index in [-0.39, 0.29) is 5.91 Å². The summed E-state index contributed by atoms with van der Waals surface area (Å²) in [6.45, 7) is 3.48. The molecule has 0 bridgehead atoms. The highest BCUT2D eigenvalue weighted by Gasteiger charge is 2.26. The highest BCUT2D eigenvalue weighted by molar-refractivity contribution is 8.00. The summed E-state index contributed by atoms with van der Waals surface area (Å²) >= 11 is 1.66. The summed E-state index contributed by atoms with van der Waals surface area (Å²) in [6.07, 6.45) is 1.02. The zero-order chi connectivity index (χ0) is 12.3. The number of hydrogen-bond acceptors (Lipinski definition) is 3. The number of anilines is 1. The van der Waals surface area contributed by atoms with E-state index < -0.39 is 0 Å². The summed E-state index contributed by atoms with van der Waals surface area (Å²) in [4.78, 5) is 13.7. The molecule has 2 rings (SSSR count). The largest absolute Gasteiger partial charge is 0.329 e. The molecule has 0 aromatic heterocycles. The average Bonchev–Trinajstić information content (AvgIpc) is 2.39. The molecule has 0 saturated carbocycles. The number of rotatable bonds is 3. The van der Waals surface area contributed by atoms with Gasteiger partial charge in [-0.25, -0.2) is 0 Å². The third kappa shape index (κ3) is 2.82. The van der Waals surface area contributed by atoms with Gasteiger partial charge in [0.05, 0.1) is 5.75 Å². The molecule has 1 saturated heterocycles. The predicted molar refractivity (Wildman–Crippen MR) is 73.5 cm³/mol. The van der Waals surface area contributed by atoms with Crippen molar-refractivity contribution >= 4 is 23.4 Å². The van der Waals surface area contributed by atoms with E-state index >= 15 is 0 Å². The number of nitrogens with zero attached hydrogens (tertiary/aromatic N) is 1. The fraction of sp³-hybridized carbons (Fsp3) is 0.462. The summed E-state index contributed by atoms with van der Waals surface area (Å²) < 4.78 is 0. The molecule has 1 aromatic carbocycles. The van der Waals surface area contributed by atoms with E-state index in [1.54, 1.807) is 11.8 Å². The predicted octanol–water partition coefficient (Wildman–Crippen LogP) is 1.66. The fourth-order valence-electron chi connectivity index (χ4n) is 1.93. The molecular formula is C13H18N2OS. The van der Waals surface area contributed by atoms with Crippen molar-refractivity contribution in [3.8, 4) is 0 Å². The Balaban J connectivity index is 2.15. The van der Waals surface area contributed by atoms with Gasteiger partial charge in [-0.15, -0.1) is 11.8 Å². The summed E-state index contributed by atoms with van der Waals surface area (Å²) in [6, 6.07) is 8.23. The van der Waals surface area contributed by atoms with Crippen LogP contribution in [0.15, 0.2) is 24.3 Å². The van der Waals surface area contributed by atoms with E-state index in [9.17, 15) is 4.79 Å². The number of aryl methyl sites for hydroxylation is 1. The Morgan fingerprint density at radius 2 is 2.12 bits per heavy atom. The number of hydrogen-bond donors (Lipinski definition) is 1. The number of benzene rings is 1. The molecule has 1 unspecified atom stereocenters. The van der Waals surface area contributed by atoms with Crippen LogP contribution in [0.5, 0.6) is 0 Å². The van der Waals surface area contributed by atoms with Gasteiger partial charge in [-0.2, -0.15) is 0 Å². The molecule has 1 fully saturated rings. The van der Waals surface area contributed by atoms with Gasteiger partial charge in [0, 0.05) is 24.0 Å². The highest BCUT2D eigenvalue weighted by Crippen LogP contribution is 2.24. The van der Waals surface area contributed by atoms with Crippen LogP contribution in [0.1, 0.15) is 12.5 Å². The van der Waals surface area contributed by atoms with E-state index in [4.69, 9.17) is 5.73 Å². The Labute approximate surface area is 106 Å². The topological polar surface area (TPSA) is 46.3 Å². The number of amides is 1. The van der Waals surface area contributed by atoms with Gasteiger partial charge in [0.25, 0.3) is 0 Å². The van der Waals surface area contributed by atoms with Crippen molar-refractivity contribution < 1.29 is 4.79 Å². The first kappa shape index (κ1) is 12.5. The van der Waals surface area contributed by atoms with Crippen molar-refractivity contribution in [1.29, 1.82) is 0 Å². The van der Waals surface area contributed by atoms with Crippen molar-refractivity contribution in [2.45, 2.75) is 18.6 Å². The maximum atomic E-state index is 11.9. The number of thioether (sulfide) groups is 1. The molecule has 92 valence electrons. The van der Waals surface area contributed by atoms with Gasteiger partial charge < -0.3 is 10.6 Å². The Morgan fingerprint density at radius 1 is 1.41 bits per heavy atom. The van der Waals surface area contributed by atoms with Crippen LogP contribution in [-0.4, -0.2) is 30.0 Å². The van der Waals surface area contributed by atoms with Crippen molar-refractivity contribution in [3.63, 3.8) is 0 Å². The van der Waals surface area contributed by atoms with Crippen LogP contribution in [0.2, 0.25) is 0 Å². The lowest BCUT2D eigenvalue weighted by molar-refractivity contribution is -0.116. The van der Waals surface area contributed by atoms with E-state index in [1.807, 2.05) is 17.0 Å². The van der Waals surface area contributed by atoms with E-state index in [1.165, 1.54) is 5.56 Å². The summed E-state index contributed by atoms with van der Waals surface area (Å²) in [5.74, 6) is 0.723. The lowest BCUT2D eigenvalue weighted by atomic mass is 10.1. The first-order valence-electron chi connectivity index (χ1n) is 5.95. The van der Waals surface area contributed by atoms with Gasteiger partial charge in [0.15, 0.2) is 0 Å². The molecule has 1 amide bonds. The second-order valence-corrected chi connectivity index (χ2v) is 5.48. The monoisotopic (exact) mass is 250 g/mol. The summed E-state index contributed by atoms with van der Waals surface area (Å²) in [5, 5.41) is 0.360. The zero-order valence-corrected chi connectivity index (χ0v) is 10.9. The Hall–Kier alpha value is -1.00. The van der Waals surface area contributed by atoms with Gasteiger partial charge in [-0.3, -0.25) is 4.79 Å². The van der Waals surface area contributed by atoms with Crippen molar-refractivity contribution in [2.24, 2.45) is 5.73 Å². The molecule has 1 aliphatic rings. The van der Waals surface area contributed by atoms with E-state index in [2.05, 4.69) is 19.1 Å². The van der Waals surface area contributed by atoms with Crippen LogP contribution in [-0.2, 0) is 11.2 Å². The molecule has 4 heteroatoms. The Bertz CT molecular complexity index is 391. The average molecular weight is 250 g/mol. The van der Waals surface area contributed by atoms with Gasteiger partial charge in [0.2, 0.25) is 5.91 Å². The fourth-order valence-corrected chi connectivity index (χ4v) is 2.85.